The minimum atomic E-state index is -2.58. The van der Waals surface area contributed by atoms with Crippen molar-refractivity contribution in [2.75, 3.05) is 13.7 Å². The van der Waals surface area contributed by atoms with Gasteiger partial charge in [0.05, 0.1) is 19.3 Å². The smallest absolute Gasteiger partial charge is 0.267 e. The number of ether oxygens (including phenoxy) is 1. The second-order valence-electron chi connectivity index (χ2n) is 4.72. The lowest BCUT2D eigenvalue weighted by atomic mass is 9.81. The van der Waals surface area contributed by atoms with Gasteiger partial charge in [-0.1, -0.05) is 19.9 Å². The number of halogens is 2. The summed E-state index contributed by atoms with van der Waals surface area (Å²) in [6.07, 6.45) is -2.58. The van der Waals surface area contributed by atoms with Crippen molar-refractivity contribution >= 4 is 0 Å². The van der Waals surface area contributed by atoms with E-state index < -0.39 is 11.8 Å². The van der Waals surface area contributed by atoms with Crippen molar-refractivity contribution in [1.29, 1.82) is 0 Å². The molecule has 0 aliphatic carbocycles. The lowest BCUT2D eigenvalue weighted by molar-refractivity contribution is 0.145. The first kappa shape index (κ1) is 13.9. The number of aryl methyl sites for hydroxylation is 1. The Bertz CT molecular complexity index is 401. The number of rotatable bonds is 4. The third kappa shape index (κ3) is 2.57. The standard InChI is InChI=1S/C13H18F2O2/c1-8-5-6-9(12(14)15)11(17-4)10(8)13(2,3)7-16/h5-6,12,16H,7H2,1-4H3. The first-order valence-corrected chi connectivity index (χ1v) is 5.42. The van der Waals surface area contributed by atoms with Crippen LogP contribution in [0.15, 0.2) is 12.1 Å². The highest BCUT2D eigenvalue weighted by Gasteiger charge is 2.29. The topological polar surface area (TPSA) is 29.5 Å². The van der Waals surface area contributed by atoms with Crippen LogP contribution in [0.3, 0.4) is 0 Å². The molecule has 0 heterocycles. The second-order valence-corrected chi connectivity index (χ2v) is 4.72. The Kier molecular flexibility index (Phi) is 4.09. The van der Waals surface area contributed by atoms with E-state index in [0.29, 0.717) is 5.56 Å². The van der Waals surface area contributed by atoms with Gasteiger partial charge in [0.25, 0.3) is 6.43 Å². The number of hydrogen-bond donors (Lipinski definition) is 1. The van der Waals surface area contributed by atoms with E-state index >= 15 is 0 Å². The molecule has 1 N–H and O–H groups in total. The van der Waals surface area contributed by atoms with Crippen LogP contribution in [0, 0.1) is 6.92 Å². The fourth-order valence-corrected chi connectivity index (χ4v) is 2.01. The molecule has 0 aromatic heterocycles. The molecule has 4 heteroatoms. The number of aliphatic hydroxyl groups is 1. The van der Waals surface area contributed by atoms with Gasteiger partial charge in [-0.2, -0.15) is 0 Å². The van der Waals surface area contributed by atoms with Crippen LogP contribution in [-0.4, -0.2) is 18.8 Å². The van der Waals surface area contributed by atoms with Gasteiger partial charge in [-0.3, -0.25) is 0 Å². The number of benzene rings is 1. The van der Waals surface area contributed by atoms with Crippen LogP contribution in [0.5, 0.6) is 5.75 Å². The van der Waals surface area contributed by atoms with Crippen molar-refractivity contribution in [3.63, 3.8) is 0 Å². The highest BCUT2D eigenvalue weighted by molar-refractivity contribution is 5.50. The van der Waals surface area contributed by atoms with E-state index in [0.717, 1.165) is 5.56 Å². The highest BCUT2D eigenvalue weighted by Crippen LogP contribution is 2.40. The normalized spacial score (nSPS) is 12.0. The van der Waals surface area contributed by atoms with Gasteiger partial charge in [-0.05, 0) is 18.6 Å². The Morgan fingerprint density at radius 3 is 2.35 bits per heavy atom. The van der Waals surface area contributed by atoms with Crippen LogP contribution in [0.4, 0.5) is 8.78 Å². The van der Waals surface area contributed by atoms with E-state index in [1.807, 2.05) is 6.92 Å². The Balaban J connectivity index is 3.51. The third-order valence-electron chi connectivity index (χ3n) is 2.91. The van der Waals surface area contributed by atoms with Crippen LogP contribution in [-0.2, 0) is 5.41 Å². The van der Waals surface area contributed by atoms with Gasteiger partial charge in [-0.15, -0.1) is 0 Å². The van der Waals surface area contributed by atoms with Gasteiger partial charge >= 0.3 is 0 Å². The molecule has 2 nitrogen and oxygen atoms in total. The molecule has 0 fully saturated rings. The molecule has 0 spiro atoms. The zero-order valence-corrected chi connectivity index (χ0v) is 10.6. The molecule has 1 aromatic carbocycles. The van der Waals surface area contributed by atoms with Gasteiger partial charge in [-0.25, -0.2) is 8.78 Å². The number of hydrogen-bond acceptors (Lipinski definition) is 2. The molecule has 0 amide bonds. The Morgan fingerprint density at radius 1 is 1.35 bits per heavy atom. The molecule has 0 radical (unpaired) electrons. The summed E-state index contributed by atoms with van der Waals surface area (Å²) in [4.78, 5) is 0. The fraction of sp³-hybridized carbons (Fsp3) is 0.538. The average Bonchev–Trinajstić information content (AvgIpc) is 2.27. The van der Waals surface area contributed by atoms with Gasteiger partial charge in [0.2, 0.25) is 0 Å². The van der Waals surface area contributed by atoms with Crippen LogP contribution < -0.4 is 4.74 Å². The Hall–Kier alpha value is -1.16. The first-order valence-electron chi connectivity index (χ1n) is 5.42. The summed E-state index contributed by atoms with van der Waals surface area (Å²) >= 11 is 0. The molecule has 0 aliphatic rings. The summed E-state index contributed by atoms with van der Waals surface area (Å²) < 4.78 is 30.9. The average molecular weight is 244 g/mol. The van der Waals surface area contributed by atoms with Gasteiger partial charge in [0.15, 0.2) is 0 Å². The molecule has 17 heavy (non-hydrogen) atoms. The second kappa shape index (κ2) is 5.00. The largest absolute Gasteiger partial charge is 0.496 e. The summed E-state index contributed by atoms with van der Waals surface area (Å²) in [5.74, 6) is 0.180. The molecule has 0 saturated heterocycles. The molecule has 1 aromatic rings. The van der Waals surface area contributed by atoms with Crippen molar-refractivity contribution in [1.82, 2.24) is 0 Å². The summed E-state index contributed by atoms with van der Waals surface area (Å²) in [5.41, 5.74) is 0.737. The van der Waals surface area contributed by atoms with Gasteiger partial charge in [0.1, 0.15) is 5.75 Å². The van der Waals surface area contributed by atoms with E-state index in [9.17, 15) is 13.9 Å². The quantitative estimate of drug-likeness (QED) is 0.881. The van der Waals surface area contributed by atoms with Crippen LogP contribution >= 0.6 is 0 Å². The zero-order valence-electron chi connectivity index (χ0n) is 10.6. The maximum absolute atomic E-state index is 12.9. The van der Waals surface area contributed by atoms with E-state index in [1.165, 1.54) is 13.2 Å². The van der Waals surface area contributed by atoms with Crippen molar-refractivity contribution in [3.8, 4) is 5.75 Å². The fourth-order valence-electron chi connectivity index (χ4n) is 2.01. The molecule has 0 unspecified atom stereocenters. The molecule has 0 atom stereocenters. The summed E-state index contributed by atoms with van der Waals surface area (Å²) in [7, 11) is 1.37. The van der Waals surface area contributed by atoms with Gasteiger partial charge < -0.3 is 9.84 Å². The number of aliphatic hydroxyl groups excluding tert-OH is 1. The maximum Gasteiger partial charge on any atom is 0.267 e. The molecular formula is C13H18F2O2. The van der Waals surface area contributed by atoms with Crippen LogP contribution in [0.2, 0.25) is 0 Å². The van der Waals surface area contributed by atoms with Crippen LogP contribution in [0.25, 0.3) is 0 Å². The maximum atomic E-state index is 12.9. The molecule has 0 saturated carbocycles. The van der Waals surface area contributed by atoms with E-state index in [-0.39, 0.29) is 17.9 Å². The predicted octanol–water partition coefficient (Wildman–Crippen LogP) is 3.21. The lowest BCUT2D eigenvalue weighted by Gasteiger charge is -2.28. The van der Waals surface area contributed by atoms with Crippen LogP contribution in [0.1, 0.15) is 37.0 Å². The molecule has 1 rings (SSSR count). The SMILES string of the molecule is COc1c(C(F)F)ccc(C)c1C(C)(C)CO. The highest BCUT2D eigenvalue weighted by atomic mass is 19.3. The molecular weight excluding hydrogens is 226 g/mol. The predicted molar refractivity (Wildman–Crippen MR) is 62.8 cm³/mol. The van der Waals surface area contributed by atoms with Crippen molar-refractivity contribution in [2.24, 2.45) is 0 Å². The molecule has 96 valence electrons. The Morgan fingerprint density at radius 2 is 1.94 bits per heavy atom. The minimum absolute atomic E-state index is 0.128. The van der Waals surface area contributed by atoms with E-state index in [4.69, 9.17) is 4.74 Å². The monoisotopic (exact) mass is 244 g/mol. The van der Waals surface area contributed by atoms with E-state index in [2.05, 4.69) is 0 Å². The summed E-state index contributed by atoms with van der Waals surface area (Å²) in [6, 6.07) is 3.01. The van der Waals surface area contributed by atoms with Crippen molar-refractivity contribution in [3.05, 3.63) is 28.8 Å². The zero-order chi connectivity index (χ0) is 13.2. The summed E-state index contributed by atoms with van der Waals surface area (Å²) in [5, 5.41) is 9.38. The van der Waals surface area contributed by atoms with Crippen molar-refractivity contribution in [2.45, 2.75) is 32.6 Å². The Labute approximate surface area is 100 Å². The van der Waals surface area contributed by atoms with Gasteiger partial charge in [0, 0.05) is 11.0 Å². The molecule has 0 aliphatic heterocycles. The number of methoxy groups -OCH3 is 1. The third-order valence-corrected chi connectivity index (χ3v) is 2.91. The first-order chi connectivity index (χ1) is 7.85. The van der Waals surface area contributed by atoms with E-state index in [1.54, 1.807) is 19.9 Å². The van der Waals surface area contributed by atoms with Crippen molar-refractivity contribution < 1.29 is 18.6 Å². The summed E-state index contributed by atoms with van der Waals surface area (Å²) in [6.45, 7) is 5.29. The minimum Gasteiger partial charge on any atom is -0.496 e. The molecule has 0 bridgehead atoms. The lowest BCUT2D eigenvalue weighted by Crippen LogP contribution is -2.24. The number of alkyl halides is 2.